The molecule has 0 unspecified atom stereocenters. The monoisotopic (exact) mass is 433 g/mol. The summed E-state index contributed by atoms with van der Waals surface area (Å²) in [7, 11) is 0. The molecule has 1 amide bonds. The molecule has 0 aliphatic heterocycles. The summed E-state index contributed by atoms with van der Waals surface area (Å²) in [5.41, 5.74) is 0.229. The second kappa shape index (κ2) is 7.68. The van der Waals surface area contributed by atoms with Gasteiger partial charge in [0.15, 0.2) is 5.01 Å². The van der Waals surface area contributed by atoms with Crippen molar-refractivity contribution in [1.29, 1.82) is 0 Å². The summed E-state index contributed by atoms with van der Waals surface area (Å²) < 4.78 is 38.7. The van der Waals surface area contributed by atoms with Gasteiger partial charge >= 0.3 is 6.18 Å². The van der Waals surface area contributed by atoms with Gasteiger partial charge in [0.1, 0.15) is 16.4 Å². The first-order valence-electron chi connectivity index (χ1n) is 8.09. The molecule has 6 nitrogen and oxygen atoms in total. The number of hydrogen-bond donors (Lipinski definition) is 1. The summed E-state index contributed by atoms with van der Waals surface area (Å²) in [5.74, 6) is -0.525. The molecule has 4 aromatic rings. The van der Waals surface area contributed by atoms with E-state index in [1.54, 1.807) is 18.3 Å². The van der Waals surface area contributed by atoms with Crippen LogP contribution in [-0.2, 0) is 6.18 Å². The molecule has 0 atom stereocenters. The smallest absolute Gasteiger partial charge is 0.295 e. The van der Waals surface area contributed by atoms with E-state index < -0.39 is 17.6 Å². The number of aromatic nitrogens is 4. The van der Waals surface area contributed by atoms with E-state index in [2.05, 4.69) is 25.5 Å². The quantitative estimate of drug-likeness (QED) is 0.490. The van der Waals surface area contributed by atoms with E-state index >= 15 is 0 Å². The Morgan fingerprint density at radius 2 is 1.90 bits per heavy atom. The van der Waals surface area contributed by atoms with Crippen LogP contribution >= 0.6 is 22.7 Å². The Morgan fingerprint density at radius 1 is 1.03 bits per heavy atom. The third kappa shape index (κ3) is 4.30. The number of alkyl halides is 3. The van der Waals surface area contributed by atoms with Crippen LogP contribution in [0.2, 0.25) is 0 Å². The standard InChI is InChI=1S/C18H10F3N5OS2/c19-18(20,21)11-5-3-4-10(8-11)15-23-13(9-28-15)14(27)24-17-26-25-16(29-17)12-6-1-2-7-22-12/h1-9H,(H,24,26,27). The molecule has 0 aliphatic carbocycles. The average Bonchev–Trinajstić information content (AvgIpc) is 3.38. The van der Waals surface area contributed by atoms with Crippen LogP contribution in [0.15, 0.2) is 54.0 Å². The predicted molar refractivity (Wildman–Crippen MR) is 104 cm³/mol. The van der Waals surface area contributed by atoms with Gasteiger partial charge in [0, 0.05) is 17.1 Å². The maximum Gasteiger partial charge on any atom is 0.416 e. The molecule has 0 saturated heterocycles. The molecule has 1 aromatic carbocycles. The number of benzene rings is 1. The molecule has 0 saturated carbocycles. The Balaban J connectivity index is 1.50. The second-order valence-electron chi connectivity index (χ2n) is 5.70. The van der Waals surface area contributed by atoms with Gasteiger partial charge in [-0.3, -0.25) is 15.1 Å². The van der Waals surface area contributed by atoms with Crippen molar-refractivity contribution < 1.29 is 18.0 Å². The summed E-state index contributed by atoms with van der Waals surface area (Å²) in [6, 6.07) is 10.2. The van der Waals surface area contributed by atoms with Crippen LogP contribution < -0.4 is 5.32 Å². The van der Waals surface area contributed by atoms with Gasteiger partial charge in [-0.1, -0.05) is 29.5 Å². The third-order valence-electron chi connectivity index (χ3n) is 3.70. The molecule has 3 aromatic heterocycles. The van der Waals surface area contributed by atoms with Gasteiger partial charge in [-0.2, -0.15) is 13.2 Å². The maximum absolute atomic E-state index is 12.9. The Kier molecular flexibility index (Phi) is 5.07. The van der Waals surface area contributed by atoms with Crippen LogP contribution in [0.1, 0.15) is 16.1 Å². The van der Waals surface area contributed by atoms with Crippen molar-refractivity contribution >= 4 is 33.7 Å². The SMILES string of the molecule is O=C(Nc1nnc(-c2ccccn2)s1)c1csc(-c2cccc(C(F)(F)F)c2)n1. The highest BCUT2D eigenvalue weighted by molar-refractivity contribution is 7.18. The van der Waals surface area contributed by atoms with E-state index in [1.807, 2.05) is 6.07 Å². The van der Waals surface area contributed by atoms with Gasteiger partial charge in [-0.15, -0.1) is 21.5 Å². The molecule has 29 heavy (non-hydrogen) atoms. The van der Waals surface area contributed by atoms with Crippen molar-refractivity contribution in [2.24, 2.45) is 0 Å². The predicted octanol–water partition coefficient (Wildman–Crippen LogP) is 4.99. The lowest BCUT2D eigenvalue weighted by molar-refractivity contribution is -0.137. The summed E-state index contributed by atoms with van der Waals surface area (Å²) >= 11 is 2.23. The first kappa shape index (κ1) is 19.2. The van der Waals surface area contributed by atoms with E-state index in [0.717, 1.165) is 34.8 Å². The molecule has 1 N–H and O–H groups in total. The molecule has 0 spiro atoms. The van der Waals surface area contributed by atoms with Crippen molar-refractivity contribution in [3.8, 4) is 21.3 Å². The zero-order valence-corrected chi connectivity index (χ0v) is 16.0. The van der Waals surface area contributed by atoms with Gasteiger partial charge in [-0.05, 0) is 24.3 Å². The Bertz CT molecular complexity index is 1160. The Hall–Kier alpha value is -3.18. The molecular formula is C18H10F3N5OS2. The van der Waals surface area contributed by atoms with Gasteiger partial charge < -0.3 is 0 Å². The minimum Gasteiger partial charge on any atom is -0.295 e. The lowest BCUT2D eigenvalue weighted by atomic mass is 10.1. The number of halogens is 3. The van der Waals surface area contributed by atoms with Gasteiger partial charge in [-0.25, -0.2) is 4.98 Å². The fourth-order valence-corrected chi connectivity index (χ4v) is 3.88. The number of pyridine rings is 1. The zero-order chi connectivity index (χ0) is 20.4. The first-order valence-corrected chi connectivity index (χ1v) is 9.79. The van der Waals surface area contributed by atoms with Gasteiger partial charge in [0.2, 0.25) is 5.13 Å². The normalized spacial score (nSPS) is 11.4. The number of nitrogens with zero attached hydrogens (tertiary/aromatic N) is 4. The van der Waals surface area contributed by atoms with Crippen LogP contribution in [0.4, 0.5) is 18.3 Å². The van der Waals surface area contributed by atoms with Crippen molar-refractivity contribution in [3.63, 3.8) is 0 Å². The second-order valence-corrected chi connectivity index (χ2v) is 7.53. The molecule has 4 rings (SSSR count). The lowest BCUT2D eigenvalue weighted by Crippen LogP contribution is -2.12. The fraction of sp³-hybridized carbons (Fsp3) is 0.0556. The van der Waals surface area contributed by atoms with E-state index in [-0.39, 0.29) is 16.4 Å². The van der Waals surface area contributed by atoms with E-state index in [1.165, 1.54) is 17.5 Å². The molecule has 146 valence electrons. The zero-order valence-electron chi connectivity index (χ0n) is 14.3. The number of carbonyl (C=O) groups excluding carboxylic acids is 1. The lowest BCUT2D eigenvalue weighted by Gasteiger charge is -2.07. The van der Waals surface area contributed by atoms with Crippen LogP contribution in [0, 0.1) is 0 Å². The summed E-state index contributed by atoms with van der Waals surface area (Å²) in [6.45, 7) is 0. The number of hydrogen-bond acceptors (Lipinski definition) is 7. The summed E-state index contributed by atoms with van der Waals surface area (Å²) in [4.78, 5) is 20.7. The third-order valence-corrected chi connectivity index (χ3v) is 5.46. The minimum absolute atomic E-state index is 0.0806. The van der Waals surface area contributed by atoms with Crippen LogP contribution in [0.3, 0.4) is 0 Å². The van der Waals surface area contributed by atoms with E-state index in [4.69, 9.17) is 0 Å². The van der Waals surface area contributed by atoms with Crippen LogP contribution in [0.5, 0.6) is 0 Å². The molecule has 11 heteroatoms. The van der Waals surface area contributed by atoms with Crippen LogP contribution in [0.25, 0.3) is 21.3 Å². The Labute approximate surface area is 170 Å². The molecule has 3 heterocycles. The summed E-state index contributed by atoms with van der Waals surface area (Å²) in [6.07, 6.45) is -2.82. The van der Waals surface area contributed by atoms with Crippen molar-refractivity contribution in [3.05, 3.63) is 65.3 Å². The number of rotatable bonds is 4. The molecular weight excluding hydrogens is 423 g/mol. The molecule has 0 bridgehead atoms. The number of amides is 1. The molecule has 0 aliphatic rings. The van der Waals surface area contributed by atoms with Gasteiger partial charge in [0.25, 0.3) is 5.91 Å². The summed E-state index contributed by atoms with van der Waals surface area (Å²) in [5, 5.41) is 13.1. The molecule has 0 radical (unpaired) electrons. The largest absolute Gasteiger partial charge is 0.416 e. The van der Waals surface area contributed by atoms with Crippen LogP contribution in [-0.4, -0.2) is 26.1 Å². The maximum atomic E-state index is 12.9. The van der Waals surface area contributed by atoms with Crippen molar-refractivity contribution in [2.75, 3.05) is 5.32 Å². The topological polar surface area (TPSA) is 80.7 Å². The average molecular weight is 433 g/mol. The first-order chi connectivity index (χ1) is 13.9. The van der Waals surface area contributed by atoms with E-state index in [0.29, 0.717) is 15.7 Å². The number of anilines is 1. The highest BCUT2D eigenvalue weighted by Crippen LogP contribution is 2.33. The van der Waals surface area contributed by atoms with Crippen molar-refractivity contribution in [2.45, 2.75) is 6.18 Å². The minimum atomic E-state index is -4.45. The highest BCUT2D eigenvalue weighted by atomic mass is 32.1. The highest BCUT2D eigenvalue weighted by Gasteiger charge is 2.30. The van der Waals surface area contributed by atoms with E-state index in [9.17, 15) is 18.0 Å². The fourth-order valence-electron chi connectivity index (χ4n) is 2.37. The number of nitrogens with one attached hydrogen (secondary N) is 1. The number of carbonyl (C=O) groups is 1. The van der Waals surface area contributed by atoms with Gasteiger partial charge in [0.05, 0.1) is 5.56 Å². The number of thiazole rings is 1. The Morgan fingerprint density at radius 3 is 2.66 bits per heavy atom. The van der Waals surface area contributed by atoms with Crippen molar-refractivity contribution in [1.82, 2.24) is 20.2 Å². The molecule has 0 fully saturated rings.